The van der Waals surface area contributed by atoms with Gasteiger partial charge in [-0.05, 0) is 32.1 Å². The van der Waals surface area contributed by atoms with Gasteiger partial charge in [0.1, 0.15) is 11.1 Å². The Morgan fingerprint density at radius 1 is 1.44 bits per heavy atom. The molecule has 0 radical (unpaired) electrons. The van der Waals surface area contributed by atoms with Crippen LogP contribution in [0, 0.1) is 0 Å². The number of ether oxygens (including phenoxy) is 1. The molecule has 0 aliphatic heterocycles. The predicted octanol–water partition coefficient (Wildman–Crippen LogP) is 1.01. The maximum absolute atomic E-state index is 12.3. The van der Waals surface area contributed by atoms with Crippen LogP contribution in [0.1, 0.15) is 6.42 Å². The fourth-order valence-corrected chi connectivity index (χ4v) is 1.93. The fraction of sp³-hybridized carbons (Fsp3) is 0.385. The zero-order valence-corrected chi connectivity index (χ0v) is 10.6. The molecule has 0 atom stereocenters. The van der Waals surface area contributed by atoms with Crippen molar-refractivity contribution in [1.29, 1.82) is 0 Å². The summed E-state index contributed by atoms with van der Waals surface area (Å²) in [4.78, 5) is 16.6. The molecule has 0 saturated carbocycles. The maximum Gasteiger partial charge on any atom is 0.264 e. The molecule has 1 N–H and O–H groups in total. The van der Waals surface area contributed by atoms with Crippen molar-refractivity contribution in [2.24, 2.45) is 0 Å². The third-order valence-electron chi connectivity index (χ3n) is 2.86. The van der Waals surface area contributed by atoms with Crippen LogP contribution in [0.25, 0.3) is 10.9 Å². The van der Waals surface area contributed by atoms with Gasteiger partial charge in [0.2, 0.25) is 0 Å². The smallest absolute Gasteiger partial charge is 0.264 e. The Hall–Kier alpha value is -1.88. The molecule has 5 heteroatoms. The highest BCUT2D eigenvalue weighted by atomic mass is 16.5. The van der Waals surface area contributed by atoms with Gasteiger partial charge < -0.3 is 10.1 Å². The minimum absolute atomic E-state index is 0.0476. The third kappa shape index (κ3) is 2.36. The van der Waals surface area contributed by atoms with Gasteiger partial charge in [-0.2, -0.15) is 0 Å². The molecule has 2 rings (SSSR count). The lowest BCUT2D eigenvalue weighted by Crippen LogP contribution is -2.23. The number of methoxy groups -OCH3 is 1. The Balaban J connectivity index is 2.45. The topological polar surface area (TPSA) is 56.1 Å². The van der Waals surface area contributed by atoms with Crippen LogP contribution in [-0.2, 0) is 6.54 Å². The molecule has 1 heterocycles. The number of fused-ring (bicyclic) bond motifs is 1. The van der Waals surface area contributed by atoms with Crippen molar-refractivity contribution >= 4 is 10.9 Å². The number of nitrogens with zero attached hydrogens (tertiary/aromatic N) is 2. The van der Waals surface area contributed by atoms with E-state index in [0.717, 1.165) is 13.0 Å². The van der Waals surface area contributed by atoms with Gasteiger partial charge in [-0.15, -0.1) is 0 Å². The highest BCUT2D eigenvalue weighted by molar-refractivity contribution is 5.83. The zero-order valence-electron chi connectivity index (χ0n) is 10.6. The first-order valence-corrected chi connectivity index (χ1v) is 5.94. The normalized spacial score (nSPS) is 10.8. The van der Waals surface area contributed by atoms with E-state index >= 15 is 0 Å². The van der Waals surface area contributed by atoms with Crippen molar-refractivity contribution in [3.8, 4) is 5.75 Å². The number of aryl methyl sites for hydroxylation is 1. The van der Waals surface area contributed by atoms with Crippen LogP contribution in [0.5, 0.6) is 5.75 Å². The van der Waals surface area contributed by atoms with Gasteiger partial charge in [0.25, 0.3) is 5.56 Å². The Kier molecular flexibility index (Phi) is 3.94. The number of aromatic nitrogens is 2. The summed E-state index contributed by atoms with van der Waals surface area (Å²) in [6.07, 6.45) is 2.48. The van der Waals surface area contributed by atoms with Gasteiger partial charge >= 0.3 is 0 Å². The molecule has 0 unspecified atom stereocenters. The van der Waals surface area contributed by atoms with E-state index in [4.69, 9.17) is 4.74 Å². The van der Waals surface area contributed by atoms with E-state index in [-0.39, 0.29) is 5.56 Å². The summed E-state index contributed by atoms with van der Waals surface area (Å²) in [5.74, 6) is 0.577. The summed E-state index contributed by atoms with van der Waals surface area (Å²) in [5, 5.41) is 3.60. The number of benzene rings is 1. The van der Waals surface area contributed by atoms with Crippen molar-refractivity contribution in [1.82, 2.24) is 14.9 Å². The summed E-state index contributed by atoms with van der Waals surface area (Å²) < 4.78 is 6.85. The van der Waals surface area contributed by atoms with E-state index in [0.29, 0.717) is 23.2 Å². The predicted molar refractivity (Wildman–Crippen MR) is 71.1 cm³/mol. The molecule has 0 saturated heterocycles. The first kappa shape index (κ1) is 12.6. The monoisotopic (exact) mass is 247 g/mol. The second kappa shape index (κ2) is 5.64. The van der Waals surface area contributed by atoms with Crippen molar-refractivity contribution in [3.05, 3.63) is 34.9 Å². The van der Waals surface area contributed by atoms with Crippen LogP contribution in [0.3, 0.4) is 0 Å². The van der Waals surface area contributed by atoms with Crippen LogP contribution in [0.15, 0.2) is 29.3 Å². The minimum Gasteiger partial charge on any atom is -0.496 e. The molecule has 0 aliphatic carbocycles. The maximum atomic E-state index is 12.3. The molecule has 96 valence electrons. The van der Waals surface area contributed by atoms with Gasteiger partial charge in [0, 0.05) is 6.54 Å². The van der Waals surface area contributed by atoms with E-state index in [1.54, 1.807) is 24.1 Å². The number of hydrogen-bond acceptors (Lipinski definition) is 4. The average molecular weight is 247 g/mol. The molecule has 0 spiro atoms. The second-order valence-corrected chi connectivity index (χ2v) is 4.05. The van der Waals surface area contributed by atoms with Crippen molar-refractivity contribution in [3.63, 3.8) is 0 Å². The Bertz CT molecular complexity index is 592. The Morgan fingerprint density at radius 2 is 2.28 bits per heavy atom. The third-order valence-corrected chi connectivity index (χ3v) is 2.86. The molecule has 0 amide bonds. The van der Waals surface area contributed by atoms with Crippen LogP contribution < -0.4 is 15.6 Å². The van der Waals surface area contributed by atoms with Crippen molar-refractivity contribution < 1.29 is 4.74 Å². The molecular weight excluding hydrogens is 230 g/mol. The van der Waals surface area contributed by atoms with Gasteiger partial charge in [-0.1, -0.05) is 6.07 Å². The minimum atomic E-state index is -0.0476. The summed E-state index contributed by atoms with van der Waals surface area (Å²) in [6, 6.07) is 5.43. The molecule has 0 bridgehead atoms. The lowest BCUT2D eigenvalue weighted by Gasteiger charge is -2.08. The number of nitrogens with one attached hydrogen (secondary N) is 1. The van der Waals surface area contributed by atoms with Gasteiger partial charge in [-0.25, -0.2) is 4.98 Å². The number of hydrogen-bond donors (Lipinski definition) is 1. The van der Waals surface area contributed by atoms with Crippen molar-refractivity contribution in [2.75, 3.05) is 20.7 Å². The van der Waals surface area contributed by atoms with E-state index in [1.165, 1.54) is 0 Å². The van der Waals surface area contributed by atoms with Gasteiger partial charge in [-0.3, -0.25) is 9.36 Å². The van der Waals surface area contributed by atoms with Crippen LogP contribution in [0.2, 0.25) is 0 Å². The molecule has 0 fully saturated rings. The number of rotatable bonds is 5. The molecule has 2 aromatic rings. The SMILES string of the molecule is CNCCCn1cnc2cccc(OC)c2c1=O. The summed E-state index contributed by atoms with van der Waals surface area (Å²) >= 11 is 0. The summed E-state index contributed by atoms with van der Waals surface area (Å²) in [7, 11) is 3.46. The standard InChI is InChI=1S/C13H17N3O2/c1-14-7-4-8-16-9-15-10-5-3-6-11(18-2)12(10)13(16)17/h3,5-6,9,14H,4,7-8H2,1-2H3. The Labute approximate surface area is 105 Å². The quantitative estimate of drug-likeness (QED) is 0.801. The molecule has 5 nitrogen and oxygen atoms in total. The van der Waals surface area contributed by atoms with E-state index in [9.17, 15) is 4.79 Å². The van der Waals surface area contributed by atoms with Crippen LogP contribution in [-0.4, -0.2) is 30.3 Å². The van der Waals surface area contributed by atoms with Gasteiger partial charge in [0.05, 0.1) is 19.0 Å². The highest BCUT2D eigenvalue weighted by Crippen LogP contribution is 2.19. The lowest BCUT2D eigenvalue weighted by molar-refractivity contribution is 0.419. The Morgan fingerprint density at radius 3 is 3.00 bits per heavy atom. The van der Waals surface area contributed by atoms with Crippen LogP contribution in [0.4, 0.5) is 0 Å². The molecule has 1 aromatic carbocycles. The van der Waals surface area contributed by atoms with E-state index < -0.39 is 0 Å². The zero-order chi connectivity index (χ0) is 13.0. The first-order chi connectivity index (χ1) is 8.77. The van der Waals surface area contributed by atoms with Gasteiger partial charge in [0.15, 0.2) is 0 Å². The molecule has 0 aliphatic rings. The second-order valence-electron chi connectivity index (χ2n) is 4.05. The van der Waals surface area contributed by atoms with E-state index in [2.05, 4.69) is 10.3 Å². The molecular formula is C13H17N3O2. The molecule has 1 aromatic heterocycles. The fourth-order valence-electron chi connectivity index (χ4n) is 1.93. The average Bonchev–Trinajstić information content (AvgIpc) is 2.41. The largest absolute Gasteiger partial charge is 0.496 e. The first-order valence-electron chi connectivity index (χ1n) is 5.94. The van der Waals surface area contributed by atoms with E-state index in [1.807, 2.05) is 19.2 Å². The molecule has 18 heavy (non-hydrogen) atoms. The summed E-state index contributed by atoms with van der Waals surface area (Å²) in [5.41, 5.74) is 0.623. The highest BCUT2D eigenvalue weighted by Gasteiger charge is 2.08. The summed E-state index contributed by atoms with van der Waals surface area (Å²) in [6.45, 7) is 1.52. The van der Waals surface area contributed by atoms with Crippen LogP contribution >= 0.6 is 0 Å². The lowest BCUT2D eigenvalue weighted by atomic mass is 10.2. The van der Waals surface area contributed by atoms with Crippen molar-refractivity contribution in [2.45, 2.75) is 13.0 Å².